The molecule has 0 amide bonds. The molecule has 1 aromatic rings. The quantitative estimate of drug-likeness (QED) is 0.343. The van der Waals surface area contributed by atoms with Crippen molar-refractivity contribution in [2.45, 2.75) is 13.8 Å². The lowest BCUT2D eigenvalue weighted by molar-refractivity contribution is -0.146. The highest BCUT2D eigenvalue weighted by Gasteiger charge is 2.23. The average Bonchev–Trinajstić information content (AvgIpc) is 2.91. The van der Waals surface area contributed by atoms with Gasteiger partial charge in [-0.2, -0.15) is 0 Å². The van der Waals surface area contributed by atoms with Gasteiger partial charge >= 0.3 is 11.9 Å². The molecule has 1 aromatic carbocycles. The molecule has 118 valence electrons. The molecule has 0 saturated heterocycles. The van der Waals surface area contributed by atoms with Crippen molar-refractivity contribution in [1.82, 2.24) is 0 Å². The predicted molar refractivity (Wildman–Crippen MR) is 81.5 cm³/mol. The van der Waals surface area contributed by atoms with Crippen molar-refractivity contribution < 1.29 is 28.5 Å². The van der Waals surface area contributed by atoms with Gasteiger partial charge in [0.15, 0.2) is 11.5 Å². The highest BCUT2D eigenvalue weighted by atomic mass is 79.9. The van der Waals surface area contributed by atoms with Crippen molar-refractivity contribution in [1.29, 1.82) is 0 Å². The van der Waals surface area contributed by atoms with E-state index < -0.39 is 11.9 Å². The van der Waals surface area contributed by atoms with E-state index in [1.165, 1.54) is 6.08 Å². The third-order valence-corrected chi connectivity index (χ3v) is 3.47. The fourth-order valence-electron chi connectivity index (χ4n) is 1.82. The molecule has 0 spiro atoms. The van der Waals surface area contributed by atoms with Crippen LogP contribution in [0.2, 0.25) is 0 Å². The first-order valence-corrected chi connectivity index (χ1v) is 7.51. The first-order valence-electron chi connectivity index (χ1n) is 6.71. The maximum atomic E-state index is 11.9. The molecule has 7 heteroatoms. The van der Waals surface area contributed by atoms with Crippen LogP contribution in [0.25, 0.3) is 6.08 Å². The predicted octanol–water partition coefficient (Wildman–Crippen LogP) is 2.69. The number of rotatable bonds is 5. The molecule has 1 aliphatic heterocycles. The molecule has 2 rings (SSSR count). The zero-order valence-electron chi connectivity index (χ0n) is 12.2. The summed E-state index contributed by atoms with van der Waals surface area (Å²) in [5, 5.41) is 0. The fourth-order valence-corrected chi connectivity index (χ4v) is 2.25. The summed E-state index contributed by atoms with van der Waals surface area (Å²) in [6, 6.07) is 3.38. The van der Waals surface area contributed by atoms with Crippen LogP contribution in [0.5, 0.6) is 11.5 Å². The lowest BCUT2D eigenvalue weighted by Crippen LogP contribution is -2.18. The fraction of sp³-hybridized carbons (Fsp3) is 0.333. The van der Waals surface area contributed by atoms with Gasteiger partial charge in [-0.15, -0.1) is 0 Å². The SMILES string of the molecule is CCOC(=O)C(=Cc1cc2c(cc1Br)OCO2)C(=O)OCC. The van der Waals surface area contributed by atoms with Crippen molar-refractivity contribution in [3.8, 4) is 11.5 Å². The Bertz CT molecular complexity index is 603. The summed E-state index contributed by atoms with van der Waals surface area (Å²) < 4.78 is 21.0. The Kier molecular flexibility index (Phi) is 5.43. The van der Waals surface area contributed by atoms with E-state index in [0.717, 1.165) is 0 Å². The van der Waals surface area contributed by atoms with E-state index in [1.807, 2.05) is 0 Å². The Labute approximate surface area is 136 Å². The molecule has 0 fully saturated rings. The van der Waals surface area contributed by atoms with Gasteiger partial charge in [0, 0.05) is 4.47 Å². The maximum Gasteiger partial charge on any atom is 0.345 e. The van der Waals surface area contributed by atoms with Crippen molar-refractivity contribution in [3.63, 3.8) is 0 Å². The van der Waals surface area contributed by atoms with Crippen molar-refractivity contribution >= 4 is 33.9 Å². The minimum absolute atomic E-state index is 0.136. The highest BCUT2D eigenvalue weighted by Crippen LogP contribution is 2.37. The molecule has 0 bridgehead atoms. The third-order valence-electron chi connectivity index (χ3n) is 2.78. The number of halogens is 1. The summed E-state index contributed by atoms with van der Waals surface area (Å²) in [5.41, 5.74) is 0.406. The van der Waals surface area contributed by atoms with Gasteiger partial charge in [0.2, 0.25) is 6.79 Å². The molecule has 0 radical (unpaired) electrons. The number of hydrogen-bond donors (Lipinski definition) is 0. The van der Waals surface area contributed by atoms with Crippen LogP contribution < -0.4 is 9.47 Å². The van der Waals surface area contributed by atoms with Gasteiger partial charge < -0.3 is 18.9 Å². The van der Waals surface area contributed by atoms with Gasteiger partial charge in [-0.05, 0) is 37.6 Å². The van der Waals surface area contributed by atoms with Crippen molar-refractivity contribution in [3.05, 3.63) is 27.7 Å². The van der Waals surface area contributed by atoms with Crippen molar-refractivity contribution in [2.24, 2.45) is 0 Å². The number of hydrogen-bond acceptors (Lipinski definition) is 6. The number of esters is 2. The number of fused-ring (bicyclic) bond motifs is 1. The molecule has 0 N–H and O–H groups in total. The Morgan fingerprint density at radius 3 is 2.23 bits per heavy atom. The van der Waals surface area contributed by atoms with Crippen LogP contribution in [0.3, 0.4) is 0 Å². The second-order valence-electron chi connectivity index (χ2n) is 4.23. The van der Waals surface area contributed by atoms with Gasteiger partial charge in [-0.25, -0.2) is 9.59 Å². The van der Waals surface area contributed by atoms with Gasteiger partial charge in [0.1, 0.15) is 5.57 Å². The monoisotopic (exact) mass is 370 g/mol. The van der Waals surface area contributed by atoms with Gasteiger partial charge in [-0.3, -0.25) is 0 Å². The molecule has 0 unspecified atom stereocenters. The number of ether oxygens (including phenoxy) is 4. The zero-order chi connectivity index (χ0) is 16.1. The van der Waals surface area contributed by atoms with Crippen LogP contribution in [0, 0.1) is 0 Å². The summed E-state index contributed by atoms with van der Waals surface area (Å²) >= 11 is 3.37. The van der Waals surface area contributed by atoms with Gasteiger partial charge in [-0.1, -0.05) is 15.9 Å². The summed E-state index contributed by atoms with van der Waals surface area (Å²) in [7, 11) is 0. The molecule has 1 aliphatic rings. The first kappa shape index (κ1) is 16.4. The third kappa shape index (κ3) is 3.59. The second kappa shape index (κ2) is 7.31. The molecule has 22 heavy (non-hydrogen) atoms. The molecule has 0 saturated carbocycles. The van der Waals surface area contributed by atoms with E-state index in [9.17, 15) is 9.59 Å². The second-order valence-corrected chi connectivity index (χ2v) is 5.08. The molecular formula is C15H15BrO6. The van der Waals surface area contributed by atoms with Gasteiger partial charge in [0.05, 0.1) is 13.2 Å². The van der Waals surface area contributed by atoms with E-state index in [1.54, 1.807) is 26.0 Å². The lowest BCUT2D eigenvalue weighted by Gasteiger charge is -2.08. The number of carbonyl (C=O) groups excluding carboxylic acids is 2. The maximum absolute atomic E-state index is 11.9. The molecule has 1 heterocycles. The Hall–Kier alpha value is -2.02. The zero-order valence-corrected chi connectivity index (χ0v) is 13.8. The van der Waals surface area contributed by atoms with E-state index in [-0.39, 0.29) is 25.6 Å². The molecule has 0 aromatic heterocycles. The summed E-state index contributed by atoms with van der Waals surface area (Å²) in [5.74, 6) is -0.324. The number of benzene rings is 1. The van der Waals surface area contributed by atoms with Gasteiger partial charge in [0.25, 0.3) is 0 Å². The minimum atomic E-state index is -0.731. The van der Waals surface area contributed by atoms with Crippen LogP contribution in [-0.4, -0.2) is 31.9 Å². The van der Waals surface area contributed by atoms with Crippen LogP contribution in [-0.2, 0) is 19.1 Å². The van der Waals surface area contributed by atoms with Crippen molar-refractivity contribution in [2.75, 3.05) is 20.0 Å². The van der Waals surface area contributed by atoms with Crippen LogP contribution in [0.1, 0.15) is 19.4 Å². The number of carbonyl (C=O) groups is 2. The normalized spacial score (nSPS) is 11.8. The lowest BCUT2D eigenvalue weighted by atomic mass is 10.1. The summed E-state index contributed by atoms with van der Waals surface area (Å²) in [4.78, 5) is 23.9. The topological polar surface area (TPSA) is 71.1 Å². The Balaban J connectivity index is 2.40. The van der Waals surface area contributed by atoms with Crippen LogP contribution in [0.4, 0.5) is 0 Å². The van der Waals surface area contributed by atoms with E-state index >= 15 is 0 Å². The van der Waals surface area contributed by atoms with Crippen LogP contribution >= 0.6 is 15.9 Å². The van der Waals surface area contributed by atoms with Crippen LogP contribution in [0.15, 0.2) is 22.2 Å². The molecule has 6 nitrogen and oxygen atoms in total. The summed E-state index contributed by atoms with van der Waals surface area (Å²) in [6.07, 6.45) is 1.40. The Morgan fingerprint density at radius 2 is 1.68 bits per heavy atom. The largest absolute Gasteiger partial charge is 0.462 e. The molecular weight excluding hydrogens is 356 g/mol. The summed E-state index contributed by atoms with van der Waals surface area (Å²) in [6.45, 7) is 3.79. The minimum Gasteiger partial charge on any atom is -0.462 e. The van der Waals surface area contributed by atoms with E-state index in [4.69, 9.17) is 18.9 Å². The van der Waals surface area contributed by atoms with E-state index in [0.29, 0.717) is 21.5 Å². The smallest absolute Gasteiger partial charge is 0.345 e. The highest BCUT2D eigenvalue weighted by molar-refractivity contribution is 9.10. The first-order chi connectivity index (χ1) is 10.6. The average molecular weight is 371 g/mol. The molecule has 0 atom stereocenters. The Morgan fingerprint density at radius 1 is 1.14 bits per heavy atom. The van der Waals surface area contributed by atoms with E-state index in [2.05, 4.69) is 15.9 Å². The molecule has 0 aliphatic carbocycles. The standard InChI is InChI=1S/C15H15BrO6/c1-3-19-14(17)10(15(18)20-4-2)5-9-6-12-13(7-11(9)16)22-8-21-12/h5-7H,3-4,8H2,1-2H3.